The number of fused-ring (bicyclic) bond motifs is 1. The average Bonchev–Trinajstić information content (AvgIpc) is 2.96. The molecule has 14 heteroatoms. The highest BCUT2D eigenvalue weighted by Crippen LogP contribution is 2.35. The molecule has 1 amide bonds. The molecule has 0 bridgehead atoms. The summed E-state index contributed by atoms with van der Waals surface area (Å²) in [5.74, 6) is -1.03. The fourth-order valence-corrected chi connectivity index (χ4v) is 6.13. The molecule has 4 aromatic rings. The zero-order valence-corrected chi connectivity index (χ0v) is 25.0. The van der Waals surface area contributed by atoms with Crippen molar-refractivity contribution in [3.63, 3.8) is 0 Å². The van der Waals surface area contributed by atoms with E-state index < -0.39 is 21.3 Å². The van der Waals surface area contributed by atoms with Crippen molar-refractivity contribution < 1.29 is 17.6 Å². The van der Waals surface area contributed by atoms with Gasteiger partial charge in [0.05, 0.1) is 11.1 Å². The number of aromatic nitrogens is 5. The van der Waals surface area contributed by atoms with E-state index in [2.05, 4.69) is 26.5 Å². The van der Waals surface area contributed by atoms with Gasteiger partial charge in [-0.2, -0.15) is 4.98 Å². The third kappa shape index (κ3) is 5.33. The Kier molecular flexibility index (Phi) is 7.73. The number of hydrogen-bond acceptors (Lipinski definition) is 10. The Labute approximate surface area is 247 Å². The van der Waals surface area contributed by atoms with Gasteiger partial charge in [0, 0.05) is 56.1 Å². The maximum Gasteiger partial charge on any atom is 0.355 e. The number of carbonyl (C=O) groups is 1. The summed E-state index contributed by atoms with van der Waals surface area (Å²) in [6.07, 6.45) is 6.38. The van der Waals surface area contributed by atoms with Crippen LogP contribution < -0.4 is 16.3 Å². The van der Waals surface area contributed by atoms with Gasteiger partial charge in [-0.05, 0) is 42.7 Å². The van der Waals surface area contributed by atoms with Crippen molar-refractivity contribution in [1.29, 1.82) is 0 Å². The highest BCUT2D eigenvalue weighted by molar-refractivity contribution is 7.90. The molecule has 0 radical (unpaired) electrons. The number of halogens is 1. The predicted octanol–water partition coefficient (Wildman–Crippen LogP) is 2.71. The quantitative estimate of drug-likeness (QED) is 0.324. The van der Waals surface area contributed by atoms with Gasteiger partial charge in [0.15, 0.2) is 21.3 Å². The van der Waals surface area contributed by atoms with Gasteiger partial charge in [-0.15, -0.1) is 0 Å². The Morgan fingerprint density at radius 1 is 1.23 bits per heavy atom. The zero-order valence-electron chi connectivity index (χ0n) is 24.2. The van der Waals surface area contributed by atoms with Crippen LogP contribution in [0, 0.1) is 5.82 Å². The lowest BCUT2D eigenvalue weighted by atomic mass is 10.0. The first-order valence-electron chi connectivity index (χ1n) is 13.5. The molecule has 0 spiro atoms. The number of hydrogen-bond donors (Lipinski definition) is 1. The van der Waals surface area contributed by atoms with Crippen molar-refractivity contribution in [3.8, 4) is 16.9 Å². The number of nitrogens with two attached hydrogens (primary N) is 1. The Morgan fingerprint density at radius 3 is 2.60 bits per heavy atom. The predicted molar refractivity (Wildman–Crippen MR) is 161 cm³/mol. The molecule has 43 heavy (non-hydrogen) atoms. The van der Waals surface area contributed by atoms with Gasteiger partial charge in [-0.1, -0.05) is 20.4 Å². The van der Waals surface area contributed by atoms with Gasteiger partial charge in [0.25, 0.3) is 0 Å². The van der Waals surface area contributed by atoms with E-state index in [1.807, 2.05) is 25.7 Å². The molecule has 0 aliphatic carbocycles. The van der Waals surface area contributed by atoms with Crippen LogP contribution in [-0.2, 0) is 14.6 Å². The van der Waals surface area contributed by atoms with Crippen LogP contribution in [0.1, 0.15) is 32.3 Å². The van der Waals surface area contributed by atoms with Crippen LogP contribution in [0.4, 0.5) is 16.0 Å². The topological polar surface area (TPSA) is 157 Å². The molecule has 1 aliphatic heterocycles. The molecule has 0 saturated carbocycles. The number of anilines is 2. The summed E-state index contributed by atoms with van der Waals surface area (Å²) in [6.45, 7) is 10.0. The number of sulfone groups is 1. The van der Waals surface area contributed by atoms with E-state index in [1.165, 1.54) is 30.7 Å². The van der Waals surface area contributed by atoms with E-state index >= 15 is 4.39 Å². The number of piperazine rings is 1. The summed E-state index contributed by atoms with van der Waals surface area (Å²) in [5, 5.41) is 0.171. The minimum atomic E-state index is -3.89. The van der Waals surface area contributed by atoms with E-state index in [4.69, 9.17) is 5.73 Å². The summed E-state index contributed by atoms with van der Waals surface area (Å²) in [6, 6.07) is 4.04. The van der Waals surface area contributed by atoms with E-state index in [0.29, 0.717) is 25.2 Å². The van der Waals surface area contributed by atoms with E-state index in [-0.39, 0.29) is 62.4 Å². The van der Waals surface area contributed by atoms with Crippen LogP contribution in [0.5, 0.6) is 0 Å². The highest BCUT2D eigenvalue weighted by Gasteiger charge is 2.31. The van der Waals surface area contributed by atoms with Gasteiger partial charge in [-0.25, -0.2) is 32.1 Å². The molecule has 12 nitrogen and oxygen atoms in total. The van der Waals surface area contributed by atoms with Crippen molar-refractivity contribution >= 4 is 38.4 Å². The minimum absolute atomic E-state index is 0.0237. The third-order valence-corrected chi connectivity index (χ3v) is 8.54. The van der Waals surface area contributed by atoms with Gasteiger partial charge in [-0.3, -0.25) is 9.78 Å². The second-order valence-electron chi connectivity index (χ2n) is 10.7. The van der Waals surface area contributed by atoms with Gasteiger partial charge in [0.1, 0.15) is 22.2 Å². The van der Waals surface area contributed by atoms with Crippen LogP contribution >= 0.6 is 0 Å². The molecule has 5 heterocycles. The van der Waals surface area contributed by atoms with Crippen LogP contribution in [0.3, 0.4) is 0 Å². The first-order valence-corrected chi connectivity index (χ1v) is 15.4. The van der Waals surface area contributed by atoms with Crippen LogP contribution in [0.2, 0.25) is 0 Å². The normalized spacial score (nSPS) is 15.7. The highest BCUT2D eigenvalue weighted by atomic mass is 32.2. The second kappa shape index (κ2) is 11.2. The summed E-state index contributed by atoms with van der Waals surface area (Å²) in [4.78, 5) is 46.7. The first kappa shape index (κ1) is 29.8. The monoisotopic (exact) mass is 606 g/mol. The summed E-state index contributed by atoms with van der Waals surface area (Å²) < 4.78 is 43.0. The van der Waals surface area contributed by atoms with E-state index in [9.17, 15) is 18.0 Å². The van der Waals surface area contributed by atoms with Crippen molar-refractivity contribution in [3.05, 3.63) is 71.3 Å². The Hall–Kier alpha value is -4.72. The molecule has 2 N–H and O–H groups in total. The summed E-state index contributed by atoms with van der Waals surface area (Å²) in [7, 11) is -3.89. The third-order valence-electron chi connectivity index (χ3n) is 7.44. The second-order valence-corrected chi connectivity index (χ2v) is 12.7. The standard InChI is InChI=1S/C29H31FN8O4S/c1-6-23(39)36-10-11-37(17(4)15-36)27-19-12-21(30)24(18-8-7-9-33-26(18)31)34-28(19)38(29(40)35-27)25-20(16(2)3)13-32-14-22(25)43(5,41)42/h6-9,12-14,16-17H,1,10-11,15H2,2-5H3,(H2,31,33)/t17-/m0/s1. The lowest BCUT2D eigenvalue weighted by Gasteiger charge is -2.40. The number of nitrogens with zero attached hydrogens (tertiary/aromatic N) is 7. The zero-order chi connectivity index (χ0) is 31.2. The molecule has 224 valence electrons. The maximum absolute atomic E-state index is 15.9. The number of amides is 1. The molecule has 5 rings (SSSR count). The number of carbonyl (C=O) groups excluding carboxylic acids is 1. The Morgan fingerprint density at radius 2 is 1.98 bits per heavy atom. The molecular formula is C29H31FN8O4S. The van der Waals surface area contributed by atoms with Crippen molar-refractivity contribution in [2.24, 2.45) is 0 Å². The average molecular weight is 607 g/mol. The van der Waals surface area contributed by atoms with Crippen LogP contribution in [0.15, 0.2) is 59.1 Å². The van der Waals surface area contributed by atoms with E-state index in [1.54, 1.807) is 17.0 Å². The van der Waals surface area contributed by atoms with Crippen molar-refractivity contribution in [2.75, 3.05) is 36.5 Å². The molecule has 1 aliphatic rings. The number of pyridine rings is 3. The Balaban J connectivity index is 1.88. The van der Waals surface area contributed by atoms with Gasteiger partial charge >= 0.3 is 5.69 Å². The fraction of sp³-hybridized carbons (Fsp3) is 0.310. The summed E-state index contributed by atoms with van der Waals surface area (Å²) >= 11 is 0. The minimum Gasteiger partial charge on any atom is -0.383 e. The fourth-order valence-electron chi connectivity index (χ4n) is 5.32. The Bertz CT molecular complexity index is 1940. The van der Waals surface area contributed by atoms with Crippen molar-refractivity contribution in [2.45, 2.75) is 37.6 Å². The maximum atomic E-state index is 15.9. The molecule has 0 unspecified atom stereocenters. The van der Waals surface area contributed by atoms with Gasteiger partial charge in [0.2, 0.25) is 5.91 Å². The lowest BCUT2D eigenvalue weighted by Crippen LogP contribution is -2.54. The molecule has 0 aromatic carbocycles. The largest absolute Gasteiger partial charge is 0.383 e. The van der Waals surface area contributed by atoms with Crippen LogP contribution in [-0.4, -0.2) is 75.7 Å². The van der Waals surface area contributed by atoms with Crippen LogP contribution in [0.25, 0.3) is 28.0 Å². The molecule has 4 aromatic heterocycles. The SMILES string of the molecule is C=CC(=O)N1CCN(c2nc(=O)n(-c3c(C(C)C)cncc3S(C)(=O)=O)c3nc(-c4cccnc4N)c(F)cc23)[C@@H](C)C1. The molecule has 1 atom stereocenters. The lowest BCUT2D eigenvalue weighted by molar-refractivity contribution is -0.126. The molecule has 1 saturated heterocycles. The number of rotatable bonds is 6. The van der Waals surface area contributed by atoms with Crippen molar-refractivity contribution in [1.82, 2.24) is 29.4 Å². The molecular weight excluding hydrogens is 575 g/mol. The van der Waals surface area contributed by atoms with E-state index in [0.717, 1.165) is 10.8 Å². The van der Waals surface area contributed by atoms with Gasteiger partial charge < -0.3 is 15.5 Å². The smallest absolute Gasteiger partial charge is 0.355 e. The molecule has 1 fully saturated rings. The first-order chi connectivity index (χ1) is 20.3. The summed E-state index contributed by atoms with van der Waals surface area (Å²) in [5.41, 5.74) is 5.76. The number of nitrogen functional groups attached to an aromatic ring is 1.